The highest BCUT2D eigenvalue weighted by Gasteiger charge is 2.32. The number of halogens is 2. The maximum Gasteiger partial charge on any atom is 0.248 e. The van der Waals surface area contributed by atoms with Crippen LogP contribution >= 0.6 is 0 Å². The van der Waals surface area contributed by atoms with Crippen molar-refractivity contribution in [3.8, 4) is 0 Å². The second-order valence-electron chi connectivity index (χ2n) is 9.65. The maximum absolute atomic E-state index is 13.7. The molecule has 0 bridgehead atoms. The average Bonchev–Trinajstić information content (AvgIpc) is 3.29. The lowest BCUT2D eigenvalue weighted by atomic mass is 9.71. The second-order valence-corrected chi connectivity index (χ2v) is 9.65. The van der Waals surface area contributed by atoms with Crippen LogP contribution in [0.15, 0.2) is 95.7 Å². The SMILES string of the molecule is CC1=C(/C=C/C(C)=C/C=C/C(C)=C/C(=O)Nc2ccc(F)cc2F)C(C)(C)CCC1n1ccnc1. The summed E-state index contributed by atoms with van der Waals surface area (Å²) in [6.07, 6.45) is 19.3. The van der Waals surface area contributed by atoms with E-state index in [1.54, 1.807) is 6.92 Å². The van der Waals surface area contributed by atoms with E-state index < -0.39 is 17.5 Å². The van der Waals surface area contributed by atoms with Gasteiger partial charge in [0.2, 0.25) is 5.91 Å². The van der Waals surface area contributed by atoms with Crippen molar-refractivity contribution in [3.63, 3.8) is 0 Å². The molecule has 1 amide bonds. The smallest absolute Gasteiger partial charge is 0.248 e. The van der Waals surface area contributed by atoms with E-state index in [0.717, 1.165) is 30.5 Å². The molecular weight excluding hydrogens is 444 g/mol. The lowest BCUT2D eigenvalue weighted by Crippen LogP contribution is -2.25. The zero-order valence-corrected chi connectivity index (χ0v) is 21.0. The molecule has 1 aliphatic rings. The largest absolute Gasteiger partial charge is 0.330 e. The minimum Gasteiger partial charge on any atom is -0.330 e. The minimum atomic E-state index is -0.812. The molecule has 0 spiro atoms. The Labute approximate surface area is 206 Å². The molecule has 0 saturated heterocycles. The van der Waals surface area contributed by atoms with Crippen LogP contribution in [-0.4, -0.2) is 15.5 Å². The van der Waals surface area contributed by atoms with Gasteiger partial charge in [-0.1, -0.05) is 49.8 Å². The molecule has 0 saturated carbocycles. The van der Waals surface area contributed by atoms with E-state index in [2.05, 4.69) is 47.8 Å². The van der Waals surface area contributed by atoms with Crippen LogP contribution in [0.4, 0.5) is 14.5 Å². The van der Waals surface area contributed by atoms with Crippen molar-refractivity contribution in [2.24, 2.45) is 5.41 Å². The van der Waals surface area contributed by atoms with Gasteiger partial charge in [-0.05, 0) is 67.9 Å². The lowest BCUT2D eigenvalue weighted by Gasteiger charge is -2.37. The van der Waals surface area contributed by atoms with Crippen LogP contribution in [-0.2, 0) is 4.79 Å². The van der Waals surface area contributed by atoms with Crippen molar-refractivity contribution in [1.29, 1.82) is 0 Å². The Morgan fingerprint density at radius 3 is 2.66 bits per heavy atom. The molecular formula is C29H33F2N3O. The topological polar surface area (TPSA) is 46.9 Å². The fourth-order valence-corrected chi connectivity index (χ4v) is 4.38. The number of rotatable bonds is 7. The third-order valence-corrected chi connectivity index (χ3v) is 6.36. The Bertz CT molecular complexity index is 1210. The summed E-state index contributed by atoms with van der Waals surface area (Å²) in [6.45, 7) is 10.6. The fraction of sp³-hybridized carbons (Fsp3) is 0.310. The molecule has 6 heteroatoms. The van der Waals surface area contributed by atoms with Gasteiger partial charge in [0.25, 0.3) is 0 Å². The number of hydrogen-bond acceptors (Lipinski definition) is 2. The van der Waals surface area contributed by atoms with Crippen LogP contribution in [0.25, 0.3) is 0 Å². The van der Waals surface area contributed by atoms with Crippen LogP contribution in [0.1, 0.15) is 53.5 Å². The van der Waals surface area contributed by atoms with Gasteiger partial charge in [-0.3, -0.25) is 4.79 Å². The summed E-state index contributed by atoms with van der Waals surface area (Å²) < 4.78 is 28.9. The van der Waals surface area contributed by atoms with Crippen molar-refractivity contribution in [3.05, 3.63) is 107 Å². The molecule has 1 unspecified atom stereocenters. The highest BCUT2D eigenvalue weighted by atomic mass is 19.1. The van der Waals surface area contributed by atoms with Gasteiger partial charge in [-0.2, -0.15) is 0 Å². The zero-order chi connectivity index (χ0) is 25.6. The molecule has 4 nitrogen and oxygen atoms in total. The summed E-state index contributed by atoms with van der Waals surface area (Å²) in [5, 5.41) is 2.42. The molecule has 0 radical (unpaired) electrons. The molecule has 1 N–H and O–H groups in total. The number of nitrogens with one attached hydrogen (secondary N) is 1. The van der Waals surface area contributed by atoms with Gasteiger partial charge in [0.15, 0.2) is 0 Å². The Kier molecular flexibility index (Phi) is 8.39. The van der Waals surface area contributed by atoms with E-state index >= 15 is 0 Å². The van der Waals surface area contributed by atoms with Crippen LogP contribution in [0, 0.1) is 17.0 Å². The van der Waals surface area contributed by atoms with Gasteiger partial charge in [0.1, 0.15) is 11.6 Å². The third kappa shape index (κ3) is 6.98. The van der Waals surface area contributed by atoms with E-state index in [1.165, 1.54) is 23.3 Å². The summed E-state index contributed by atoms with van der Waals surface area (Å²) in [7, 11) is 0. The van der Waals surface area contributed by atoms with Crippen molar-refractivity contribution < 1.29 is 13.6 Å². The number of hydrogen-bond donors (Lipinski definition) is 1. The Balaban J connectivity index is 1.66. The normalized spacial score (nSPS) is 19.1. The van der Waals surface area contributed by atoms with Crippen LogP contribution in [0.3, 0.4) is 0 Å². The monoisotopic (exact) mass is 477 g/mol. The first-order valence-corrected chi connectivity index (χ1v) is 11.7. The molecule has 1 aromatic carbocycles. The Morgan fingerprint density at radius 1 is 1.20 bits per heavy atom. The molecule has 0 aliphatic heterocycles. The van der Waals surface area contributed by atoms with Crippen molar-refractivity contribution in [2.75, 3.05) is 5.32 Å². The van der Waals surface area contributed by atoms with E-state index in [1.807, 2.05) is 43.9 Å². The van der Waals surface area contributed by atoms with Crippen molar-refractivity contribution in [1.82, 2.24) is 9.55 Å². The summed E-state index contributed by atoms with van der Waals surface area (Å²) in [6, 6.07) is 3.36. The number of carbonyl (C=O) groups is 1. The third-order valence-electron chi connectivity index (χ3n) is 6.36. The second kappa shape index (κ2) is 11.3. The molecule has 1 aromatic heterocycles. The predicted molar refractivity (Wildman–Crippen MR) is 138 cm³/mol. The summed E-state index contributed by atoms with van der Waals surface area (Å²) in [5.41, 5.74) is 4.53. The number of allylic oxidation sites excluding steroid dienone is 9. The van der Waals surface area contributed by atoms with Crippen LogP contribution in [0.2, 0.25) is 0 Å². The molecule has 1 aliphatic carbocycles. The summed E-state index contributed by atoms with van der Waals surface area (Å²) in [4.78, 5) is 16.3. The van der Waals surface area contributed by atoms with Gasteiger partial charge in [-0.15, -0.1) is 0 Å². The highest BCUT2D eigenvalue weighted by Crippen LogP contribution is 2.45. The maximum atomic E-state index is 13.7. The molecule has 184 valence electrons. The van der Waals surface area contributed by atoms with E-state index in [-0.39, 0.29) is 11.1 Å². The molecule has 1 atom stereocenters. The number of anilines is 1. The fourth-order valence-electron chi connectivity index (χ4n) is 4.38. The first-order valence-electron chi connectivity index (χ1n) is 11.7. The lowest BCUT2D eigenvalue weighted by molar-refractivity contribution is -0.112. The molecule has 35 heavy (non-hydrogen) atoms. The minimum absolute atomic E-state index is 0.0594. The van der Waals surface area contributed by atoms with Gasteiger partial charge in [0.05, 0.1) is 18.1 Å². The highest BCUT2D eigenvalue weighted by molar-refractivity contribution is 6.00. The Morgan fingerprint density at radius 2 is 1.97 bits per heavy atom. The molecule has 0 fully saturated rings. The Hall–Kier alpha value is -3.54. The quantitative estimate of drug-likeness (QED) is 0.332. The molecule has 1 heterocycles. The number of amides is 1. The van der Waals surface area contributed by atoms with E-state index in [0.29, 0.717) is 11.6 Å². The molecule has 3 rings (SSSR count). The van der Waals surface area contributed by atoms with Gasteiger partial charge in [0, 0.05) is 24.5 Å². The number of nitrogens with zero attached hydrogens (tertiary/aromatic N) is 2. The summed E-state index contributed by atoms with van der Waals surface area (Å²) in [5.74, 6) is -1.98. The standard InChI is InChI=1S/C29H33F2N3O/c1-20(7-6-8-21(2)17-28(35)33-26-12-10-23(30)18-25(26)31)9-11-24-22(3)27(13-14-29(24,4)5)34-16-15-32-19-34/h6-12,15-19,27H,13-14H2,1-5H3,(H,33,35)/b8-6+,11-9+,20-7+,21-17+. The van der Waals surface area contributed by atoms with E-state index in [4.69, 9.17) is 0 Å². The van der Waals surface area contributed by atoms with Gasteiger partial charge < -0.3 is 9.88 Å². The first kappa shape index (κ1) is 26.1. The number of aromatic nitrogens is 2. The van der Waals surface area contributed by atoms with Gasteiger partial charge in [-0.25, -0.2) is 13.8 Å². The molecule has 2 aromatic rings. The van der Waals surface area contributed by atoms with Crippen LogP contribution < -0.4 is 5.32 Å². The average molecular weight is 478 g/mol. The van der Waals surface area contributed by atoms with Gasteiger partial charge >= 0.3 is 0 Å². The summed E-state index contributed by atoms with van der Waals surface area (Å²) >= 11 is 0. The zero-order valence-electron chi connectivity index (χ0n) is 21.0. The number of carbonyl (C=O) groups excluding carboxylic acids is 1. The van der Waals surface area contributed by atoms with Crippen LogP contribution in [0.5, 0.6) is 0 Å². The number of benzene rings is 1. The van der Waals surface area contributed by atoms with Crippen molar-refractivity contribution >= 4 is 11.6 Å². The van der Waals surface area contributed by atoms with E-state index in [9.17, 15) is 13.6 Å². The first-order chi connectivity index (χ1) is 16.6. The van der Waals surface area contributed by atoms with Crippen molar-refractivity contribution in [2.45, 2.75) is 53.5 Å². The predicted octanol–water partition coefficient (Wildman–Crippen LogP) is 7.48. The number of imidazole rings is 1.